The molecule has 0 spiro atoms. The first-order valence-corrected chi connectivity index (χ1v) is 17.5. The van der Waals surface area contributed by atoms with Gasteiger partial charge in [0.2, 0.25) is 6.10 Å². The Kier molecular flexibility index (Phi) is 9.50. The van der Waals surface area contributed by atoms with Crippen molar-refractivity contribution in [2.75, 3.05) is 11.5 Å². The number of phenolic OH excluding ortho intramolecular Hbond substituents is 2. The Hall–Kier alpha value is -5.81. The van der Waals surface area contributed by atoms with Crippen LogP contribution in [0.4, 0.5) is 9.93 Å². The molecule has 23 heteroatoms. The quantitative estimate of drug-likeness (QED) is 0.0284. The molecular formula is C28H25N9O11S3. The van der Waals surface area contributed by atoms with E-state index in [1.165, 1.54) is 32.0 Å². The van der Waals surface area contributed by atoms with Gasteiger partial charge < -0.3 is 41.4 Å². The SMILES string of the molecule is Cc1nc2nc(C(=O)O)nn2cc1SCC1=S(C(=O)O)N2C(=O)[C@H](NC(=O)C(=NOC(C(=O)O)c3ccc(O)c(O)c3)c3csc(N)n3)[C@H]2CC1. The van der Waals surface area contributed by atoms with E-state index in [4.69, 9.17) is 10.6 Å². The molecule has 0 aliphatic carbocycles. The van der Waals surface area contributed by atoms with Crippen molar-refractivity contribution in [1.29, 1.82) is 0 Å². The lowest BCUT2D eigenvalue weighted by atomic mass is 9.93. The Labute approximate surface area is 295 Å². The van der Waals surface area contributed by atoms with Crippen molar-refractivity contribution in [3.63, 3.8) is 0 Å². The summed E-state index contributed by atoms with van der Waals surface area (Å²) in [6, 6.07) is 1.33. The number of aromatic carboxylic acids is 1. The molecule has 0 radical (unpaired) electrons. The monoisotopic (exact) mass is 759 g/mol. The zero-order valence-electron chi connectivity index (χ0n) is 25.9. The van der Waals surface area contributed by atoms with Gasteiger partial charge in [-0.15, -0.1) is 28.2 Å². The number of nitrogens with one attached hydrogen (secondary N) is 1. The highest BCUT2D eigenvalue weighted by Crippen LogP contribution is 2.43. The second-order valence-electron chi connectivity index (χ2n) is 10.9. The number of amides is 2. The first-order chi connectivity index (χ1) is 24.2. The molecular weight excluding hydrogens is 735 g/mol. The van der Waals surface area contributed by atoms with E-state index in [0.29, 0.717) is 28.3 Å². The third-order valence-electron chi connectivity index (χ3n) is 7.62. The van der Waals surface area contributed by atoms with Crippen molar-refractivity contribution >= 4 is 84.3 Å². The van der Waals surface area contributed by atoms with Crippen molar-refractivity contribution in [2.24, 2.45) is 5.16 Å². The smallest absolute Gasteiger partial charge is 0.378 e. The second-order valence-corrected chi connectivity index (χ2v) is 14.7. The Balaban J connectivity index is 1.20. The molecule has 4 aromatic rings. The van der Waals surface area contributed by atoms with Crippen LogP contribution in [0.2, 0.25) is 0 Å². The number of benzene rings is 1. The normalized spacial score (nSPS) is 19.3. The lowest BCUT2D eigenvalue weighted by molar-refractivity contribution is -0.151. The van der Waals surface area contributed by atoms with Gasteiger partial charge in [-0.05, 0) is 36.8 Å². The first kappa shape index (κ1) is 35.0. The summed E-state index contributed by atoms with van der Waals surface area (Å²) in [5.41, 5.74) is 5.52. The number of carboxylic acid groups (broad SMARTS) is 3. The van der Waals surface area contributed by atoms with Crippen LogP contribution in [-0.4, -0.2) is 112 Å². The van der Waals surface area contributed by atoms with Crippen LogP contribution in [0.3, 0.4) is 0 Å². The van der Waals surface area contributed by atoms with Crippen LogP contribution in [0.15, 0.2) is 39.8 Å². The summed E-state index contributed by atoms with van der Waals surface area (Å²) in [5, 5.41) is 58.8. The fraction of sp³-hybridized carbons (Fsp3) is 0.250. The summed E-state index contributed by atoms with van der Waals surface area (Å²) >= 11 is 2.20. The summed E-state index contributed by atoms with van der Waals surface area (Å²) in [7, 11) is -1.65. The van der Waals surface area contributed by atoms with Crippen LogP contribution in [0.25, 0.3) is 5.78 Å². The van der Waals surface area contributed by atoms with Crippen LogP contribution < -0.4 is 11.1 Å². The van der Waals surface area contributed by atoms with Crippen LogP contribution in [-0.2, 0) is 19.2 Å². The van der Waals surface area contributed by atoms with Crippen molar-refractivity contribution in [1.82, 2.24) is 34.2 Å². The number of fused-ring (bicyclic) bond motifs is 2. The van der Waals surface area contributed by atoms with E-state index in [2.05, 4.69) is 30.5 Å². The molecule has 2 aliphatic heterocycles. The number of oxime groups is 1. The van der Waals surface area contributed by atoms with Gasteiger partial charge in [0.15, 0.2) is 22.3 Å². The molecule has 5 heterocycles. The van der Waals surface area contributed by atoms with Gasteiger partial charge in [-0.3, -0.25) is 13.9 Å². The Bertz CT molecular complexity index is 2200. The zero-order chi connectivity index (χ0) is 36.7. The lowest BCUT2D eigenvalue weighted by Gasteiger charge is -2.50. The number of aromatic hydroxyl groups is 2. The zero-order valence-corrected chi connectivity index (χ0v) is 28.3. The van der Waals surface area contributed by atoms with Crippen LogP contribution >= 0.6 is 33.8 Å². The summed E-state index contributed by atoms with van der Waals surface area (Å²) in [5.74, 6) is -5.77. The molecule has 8 N–H and O–H groups in total. The number of aliphatic carboxylic acids is 1. The van der Waals surface area contributed by atoms with Gasteiger partial charge in [-0.2, -0.15) is 4.98 Å². The van der Waals surface area contributed by atoms with Gasteiger partial charge in [0.25, 0.3) is 23.4 Å². The predicted molar refractivity (Wildman–Crippen MR) is 180 cm³/mol. The summed E-state index contributed by atoms with van der Waals surface area (Å²) in [6.07, 6.45) is 0.317. The molecule has 1 fully saturated rings. The number of nitrogens with zero attached hydrogens (tertiary/aromatic N) is 7. The van der Waals surface area contributed by atoms with Crippen molar-refractivity contribution in [2.45, 2.75) is 42.8 Å². The van der Waals surface area contributed by atoms with E-state index in [9.17, 15) is 49.5 Å². The van der Waals surface area contributed by atoms with E-state index in [0.717, 1.165) is 23.5 Å². The Morgan fingerprint density at radius 2 is 1.94 bits per heavy atom. The largest absolute Gasteiger partial charge is 0.504 e. The van der Waals surface area contributed by atoms with Crippen LogP contribution in [0.5, 0.6) is 11.5 Å². The van der Waals surface area contributed by atoms with Crippen molar-refractivity contribution in [3.05, 3.63) is 52.6 Å². The number of anilines is 1. The number of thioether (sulfide) groups is 1. The van der Waals surface area contributed by atoms with E-state index in [1.54, 1.807) is 13.1 Å². The molecule has 266 valence electrons. The number of nitrogens with two attached hydrogens (primary N) is 1. The molecule has 20 nitrogen and oxygen atoms in total. The van der Waals surface area contributed by atoms with Gasteiger partial charge in [0, 0.05) is 38.5 Å². The van der Waals surface area contributed by atoms with E-state index in [-0.39, 0.29) is 27.9 Å². The average Bonchev–Trinajstić information content (AvgIpc) is 3.70. The van der Waals surface area contributed by atoms with E-state index < -0.39 is 80.9 Å². The minimum Gasteiger partial charge on any atom is -0.504 e. The third-order valence-corrected chi connectivity index (χ3v) is 11.8. The Morgan fingerprint density at radius 1 is 1.18 bits per heavy atom. The number of hydrogen-bond donors (Lipinski definition) is 7. The maximum atomic E-state index is 13.5. The molecule has 2 unspecified atom stereocenters. The number of carboxylic acids is 2. The number of rotatable bonds is 11. The highest BCUT2D eigenvalue weighted by atomic mass is 32.2. The van der Waals surface area contributed by atoms with E-state index in [1.807, 2.05) is 0 Å². The maximum Gasteiger partial charge on any atom is 0.378 e. The molecule has 3 aromatic heterocycles. The van der Waals surface area contributed by atoms with E-state index >= 15 is 0 Å². The van der Waals surface area contributed by atoms with Crippen LogP contribution in [0.1, 0.15) is 46.5 Å². The summed E-state index contributed by atoms with van der Waals surface area (Å²) < 4.78 is 2.43. The second kappa shape index (κ2) is 13.8. The molecule has 2 aliphatic rings. The number of carbonyl (C=O) groups is 5. The lowest BCUT2D eigenvalue weighted by Crippen LogP contribution is -2.70. The van der Waals surface area contributed by atoms with Crippen molar-refractivity contribution < 1.29 is 54.3 Å². The number of hydrogen-bond acceptors (Lipinski definition) is 16. The number of aromatic nitrogens is 5. The molecule has 1 aromatic carbocycles. The molecule has 2 amide bonds. The molecule has 4 atom stereocenters. The molecule has 6 rings (SSSR count). The first-order valence-electron chi connectivity index (χ1n) is 14.5. The van der Waals surface area contributed by atoms with Gasteiger partial charge in [-0.25, -0.2) is 28.9 Å². The number of phenols is 2. The summed E-state index contributed by atoms with van der Waals surface area (Å²) in [4.78, 5) is 81.2. The van der Waals surface area contributed by atoms with Gasteiger partial charge >= 0.3 is 17.2 Å². The number of carbonyl (C=O) groups excluding carboxylic acids is 2. The highest BCUT2D eigenvalue weighted by Gasteiger charge is 2.53. The van der Waals surface area contributed by atoms with Crippen molar-refractivity contribution in [3.8, 4) is 11.5 Å². The van der Waals surface area contributed by atoms with Crippen LogP contribution in [0, 0.1) is 6.92 Å². The number of thiazole rings is 1. The fourth-order valence-electron chi connectivity index (χ4n) is 5.21. The maximum absolute atomic E-state index is 13.5. The standard InChI is InChI=1S/C28H25N9O11S3/c1-10-17(7-36-27(30-10)33-21(34-36)25(44)45)49-8-12-3-4-14-19(23(41)37(14)51(12)28(46)47)32-22(40)18(13-9-50-26(29)31-13)35-48-20(24(42)43)11-2-5-15(38)16(39)6-11/h2,5-7,9,14,19-20,38-39H,3-4,8H2,1H3,(H2,29,31)(H,32,40)(H,42,43)(H,44,45)(H,46,47)/t14-,19-,20?,51?/m1/s1. The predicted octanol–water partition coefficient (Wildman–Crippen LogP) is 1.44. The van der Waals surface area contributed by atoms with Gasteiger partial charge in [-0.1, -0.05) is 11.2 Å². The molecule has 51 heavy (non-hydrogen) atoms. The van der Waals surface area contributed by atoms with Gasteiger partial charge in [0.05, 0.1) is 11.7 Å². The molecule has 1 saturated heterocycles. The fourth-order valence-corrected chi connectivity index (χ4v) is 9.07. The molecule has 0 saturated carbocycles. The Morgan fingerprint density at radius 3 is 2.59 bits per heavy atom. The average molecular weight is 760 g/mol. The number of nitrogen functional groups attached to an aromatic ring is 1. The molecule has 0 bridgehead atoms. The van der Waals surface area contributed by atoms with Gasteiger partial charge in [0.1, 0.15) is 11.7 Å². The number of aryl methyl sites for hydroxylation is 1. The minimum atomic E-state index is -1.83. The number of β-lactam (4-membered cyclic amide) rings is 1. The highest BCUT2D eigenvalue weighted by molar-refractivity contribution is 8.27. The topological polar surface area (TPSA) is 305 Å². The minimum absolute atomic E-state index is 0.0468. The summed E-state index contributed by atoms with van der Waals surface area (Å²) in [6.45, 7) is 1.69. The third kappa shape index (κ3) is 6.85.